The Morgan fingerprint density at radius 2 is 1.23 bits per heavy atom. The van der Waals surface area contributed by atoms with Gasteiger partial charge in [-0.05, 0) is 0 Å². The summed E-state index contributed by atoms with van der Waals surface area (Å²) in [5.74, 6) is 0. The molecule has 2 radical (unpaired) electrons. The molecule has 0 saturated heterocycles. The minimum Gasteiger partial charge on any atom is -0.359 e. The third kappa shape index (κ3) is 19.7. The maximum atomic E-state index is 3.25. The minimum atomic E-state index is 0. The van der Waals surface area contributed by atoms with Gasteiger partial charge in [-0.3, -0.25) is 17.7 Å². The molecule has 0 aliphatic carbocycles. The summed E-state index contributed by atoms with van der Waals surface area (Å²) in [6.07, 6.45) is 0. The van der Waals surface area contributed by atoms with E-state index < -0.39 is 0 Å². The Morgan fingerprint density at radius 1 is 0.923 bits per heavy atom. The number of hydrogen-bond donors (Lipinski definition) is 0. The van der Waals surface area contributed by atoms with Gasteiger partial charge in [0.1, 0.15) is 0 Å². The summed E-state index contributed by atoms with van der Waals surface area (Å²) in [5, 5.41) is 0. The van der Waals surface area contributed by atoms with Crippen molar-refractivity contribution in [2.24, 2.45) is 0 Å². The van der Waals surface area contributed by atoms with E-state index in [-0.39, 0.29) is 65.4 Å². The van der Waals surface area contributed by atoms with Gasteiger partial charge in [0.05, 0.1) is 0 Å². The van der Waals surface area contributed by atoms with E-state index in [2.05, 4.69) is 26.0 Å². The predicted octanol–water partition coefficient (Wildman–Crippen LogP) is 3.27. The average molecular weight is 326 g/mol. The van der Waals surface area contributed by atoms with E-state index in [1.165, 1.54) is 5.56 Å². The van der Waals surface area contributed by atoms with Crippen molar-refractivity contribution in [3.63, 3.8) is 0 Å². The van der Waals surface area contributed by atoms with Crippen LogP contribution in [-0.2, 0) is 65.4 Å². The van der Waals surface area contributed by atoms with Crippen molar-refractivity contribution in [3.05, 3.63) is 49.7 Å². The second-order valence-electron chi connectivity index (χ2n) is 1.51. The SMILES string of the molecule is Cc1c[c-]c[c-]c1.[CH2-]C.[CH2-]C.[Y].[Y]. The fraction of sp³-hybridized carbons (Fsp3) is 0.273. The molecule has 1 rings (SSSR count). The Hall–Kier alpha value is 1.43. The van der Waals surface area contributed by atoms with E-state index in [0.29, 0.717) is 0 Å². The number of aryl methyl sites for hydroxylation is 1. The van der Waals surface area contributed by atoms with Crippen molar-refractivity contribution in [2.75, 3.05) is 0 Å². The van der Waals surface area contributed by atoms with Crippen LogP contribution in [0.15, 0.2) is 18.2 Å². The molecule has 13 heavy (non-hydrogen) atoms. The molecular formula is C11H16Y2-4. The second-order valence-corrected chi connectivity index (χ2v) is 1.51. The molecule has 2 heteroatoms. The van der Waals surface area contributed by atoms with Gasteiger partial charge >= 0.3 is 0 Å². The number of hydrogen-bond acceptors (Lipinski definition) is 0. The van der Waals surface area contributed by atoms with Gasteiger partial charge in [-0.25, -0.2) is 0 Å². The van der Waals surface area contributed by atoms with Crippen molar-refractivity contribution in [1.29, 1.82) is 0 Å². The van der Waals surface area contributed by atoms with Crippen molar-refractivity contribution >= 4 is 0 Å². The molecule has 0 unspecified atom stereocenters. The van der Waals surface area contributed by atoms with Crippen LogP contribution < -0.4 is 0 Å². The Morgan fingerprint density at radius 3 is 1.38 bits per heavy atom. The molecule has 0 aliphatic heterocycles. The van der Waals surface area contributed by atoms with Gasteiger partial charge in [0.25, 0.3) is 0 Å². The maximum absolute atomic E-state index is 3.25. The first-order valence-corrected chi connectivity index (χ1v) is 3.65. The molecule has 70 valence electrons. The van der Waals surface area contributed by atoms with Crippen LogP contribution in [0.5, 0.6) is 0 Å². The number of benzene rings is 1. The van der Waals surface area contributed by atoms with Crippen LogP contribution in [0.2, 0.25) is 0 Å². The van der Waals surface area contributed by atoms with E-state index in [1.54, 1.807) is 19.9 Å². The Balaban J connectivity index is -0.0000000607. The Labute approximate surface area is 134 Å². The zero-order valence-corrected chi connectivity index (χ0v) is 14.5. The molecule has 0 aromatic heterocycles. The molecule has 0 amide bonds. The zero-order valence-electron chi connectivity index (χ0n) is 8.80. The first kappa shape index (κ1) is 23.9. The summed E-state index contributed by atoms with van der Waals surface area (Å²) in [4.78, 5) is 0. The summed E-state index contributed by atoms with van der Waals surface area (Å²) in [6, 6.07) is 11.4. The summed E-state index contributed by atoms with van der Waals surface area (Å²) in [5.41, 5.74) is 1.21. The van der Waals surface area contributed by atoms with E-state index in [1.807, 2.05) is 19.1 Å². The third-order valence-electron chi connectivity index (χ3n) is 0.789. The molecule has 0 saturated carbocycles. The average Bonchev–Trinajstić information content (AvgIpc) is 2.13. The van der Waals surface area contributed by atoms with Crippen molar-refractivity contribution in [3.8, 4) is 0 Å². The standard InChI is InChI=1S/C7H6.2C2H5.2Y/c1-7-5-3-2-4-6-7;2*1-2;;/h2,5-6H,1H3;2*1H2,2H3;;/q-2;2*-1;;. The summed E-state index contributed by atoms with van der Waals surface area (Å²) in [7, 11) is 0. The van der Waals surface area contributed by atoms with Gasteiger partial charge in [0, 0.05) is 65.4 Å². The molecule has 0 aliphatic rings. The van der Waals surface area contributed by atoms with Gasteiger partial charge in [-0.1, -0.05) is 0 Å². The van der Waals surface area contributed by atoms with Gasteiger partial charge in [-0.2, -0.15) is 13.8 Å². The van der Waals surface area contributed by atoms with Crippen molar-refractivity contribution < 1.29 is 65.4 Å². The molecule has 1 aromatic carbocycles. The van der Waals surface area contributed by atoms with Crippen LogP contribution in [0.4, 0.5) is 0 Å². The first-order valence-electron chi connectivity index (χ1n) is 3.65. The fourth-order valence-electron chi connectivity index (χ4n) is 0.436. The monoisotopic (exact) mass is 326 g/mol. The molecular weight excluding hydrogens is 310 g/mol. The molecule has 0 fully saturated rings. The molecule has 0 bridgehead atoms. The van der Waals surface area contributed by atoms with E-state index in [9.17, 15) is 0 Å². The largest absolute Gasteiger partial charge is 0.359 e. The fourth-order valence-corrected chi connectivity index (χ4v) is 0.436. The first-order chi connectivity index (χ1) is 5.39. The number of rotatable bonds is 0. The second kappa shape index (κ2) is 23.3. The van der Waals surface area contributed by atoms with E-state index in [0.717, 1.165) is 0 Å². The van der Waals surface area contributed by atoms with Crippen LogP contribution in [0.25, 0.3) is 0 Å². The summed E-state index contributed by atoms with van der Waals surface area (Å²) >= 11 is 0. The minimum absolute atomic E-state index is 0. The van der Waals surface area contributed by atoms with Crippen LogP contribution in [0, 0.1) is 32.9 Å². The summed E-state index contributed by atoms with van der Waals surface area (Å²) < 4.78 is 0. The van der Waals surface area contributed by atoms with Gasteiger partial charge < -0.3 is 32.0 Å². The van der Waals surface area contributed by atoms with E-state index in [4.69, 9.17) is 0 Å². The maximum Gasteiger partial charge on any atom is 0 e. The van der Waals surface area contributed by atoms with Crippen LogP contribution in [0.1, 0.15) is 19.4 Å². The Kier molecular flexibility index (Phi) is 42.9. The Bertz CT molecular complexity index is 138. The quantitative estimate of drug-likeness (QED) is 0.642. The van der Waals surface area contributed by atoms with Gasteiger partial charge in [0.2, 0.25) is 0 Å². The normalized spacial score (nSPS) is 5.62. The van der Waals surface area contributed by atoms with Crippen LogP contribution in [0.3, 0.4) is 0 Å². The van der Waals surface area contributed by atoms with Gasteiger partial charge in [0.15, 0.2) is 0 Å². The third-order valence-corrected chi connectivity index (χ3v) is 0.789. The molecule has 0 nitrogen and oxygen atoms in total. The van der Waals surface area contributed by atoms with Crippen LogP contribution >= 0.6 is 0 Å². The van der Waals surface area contributed by atoms with Crippen LogP contribution in [-0.4, -0.2) is 0 Å². The molecule has 0 heterocycles. The molecule has 0 spiro atoms. The zero-order chi connectivity index (χ0) is 9.11. The molecule has 1 aromatic rings. The topological polar surface area (TPSA) is 0 Å². The molecule has 0 N–H and O–H groups in total. The molecule has 0 atom stereocenters. The predicted molar refractivity (Wildman–Crippen MR) is 50.9 cm³/mol. The van der Waals surface area contributed by atoms with Crippen molar-refractivity contribution in [2.45, 2.75) is 20.8 Å². The van der Waals surface area contributed by atoms with Gasteiger partial charge in [-0.15, -0.1) is 6.92 Å². The summed E-state index contributed by atoms with van der Waals surface area (Å²) in [6.45, 7) is 12.0. The smallest absolute Gasteiger partial charge is 0 e. The van der Waals surface area contributed by atoms with Crippen molar-refractivity contribution in [1.82, 2.24) is 0 Å². The van der Waals surface area contributed by atoms with E-state index >= 15 is 0 Å².